The second kappa shape index (κ2) is 8.97. The number of ether oxygens (including phenoxy) is 3. The monoisotopic (exact) mass is 411 g/mol. The average Bonchev–Trinajstić information content (AvgIpc) is 2.64. The van der Waals surface area contributed by atoms with Gasteiger partial charge in [0.15, 0.2) is 17.6 Å². The summed E-state index contributed by atoms with van der Waals surface area (Å²) in [5.74, 6) is -0.620. The first-order chi connectivity index (χ1) is 12.8. The molecule has 2 rings (SSSR count). The molecule has 0 unspecified atom stereocenters. The number of anilines is 1. The van der Waals surface area contributed by atoms with E-state index in [1.54, 1.807) is 25.1 Å². The lowest BCUT2D eigenvalue weighted by Gasteiger charge is -2.16. The van der Waals surface area contributed by atoms with Crippen LogP contribution in [0.1, 0.15) is 22.8 Å². The van der Waals surface area contributed by atoms with Crippen LogP contribution in [0.4, 0.5) is 5.69 Å². The smallest absolute Gasteiger partial charge is 0.339 e. The van der Waals surface area contributed by atoms with E-state index in [9.17, 15) is 9.59 Å². The highest BCUT2D eigenvalue weighted by molar-refractivity contribution is 6.32. The Morgan fingerprint density at radius 1 is 1.07 bits per heavy atom. The Kier molecular flexibility index (Phi) is 6.93. The summed E-state index contributed by atoms with van der Waals surface area (Å²) in [7, 11) is 2.86. The van der Waals surface area contributed by atoms with Crippen LogP contribution in [-0.4, -0.2) is 32.2 Å². The number of benzene rings is 2. The number of carbonyl (C=O) groups excluding carboxylic acids is 2. The highest BCUT2D eigenvalue weighted by Gasteiger charge is 2.22. The highest BCUT2D eigenvalue weighted by atomic mass is 35.5. The molecule has 1 amide bonds. The SMILES string of the molecule is COc1cc(C(=O)O[C@H](C)C(=O)Nc2cccc(Cl)c2C)cc(Cl)c1OC. The summed E-state index contributed by atoms with van der Waals surface area (Å²) in [6.45, 7) is 3.25. The largest absolute Gasteiger partial charge is 0.493 e. The van der Waals surface area contributed by atoms with Gasteiger partial charge in [-0.3, -0.25) is 4.79 Å². The van der Waals surface area contributed by atoms with Crippen molar-refractivity contribution in [1.82, 2.24) is 0 Å². The summed E-state index contributed by atoms with van der Waals surface area (Å²) in [4.78, 5) is 24.7. The van der Waals surface area contributed by atoms with Gasteiger partial charge in [0, 0.05) is 10.7 Å². The van der Waals surface area contributed by atoms with Crippen LogP contribution < -0.4 is 14.8 Å². The minimum atomic E-state index is -1.04. The van der Waals surface area contributed by atoms with Crippen molar-refractivity contribution in [1.29, 1.82) is 0 Å². The van der Waals surface area contributed by atoms with E-state index >= 15 is 0 Å². The molecule has 27 heavy (non-hydrogen) atoms. The van der Waals surface area contributed by atoms with Gasteiger partial charge in [0.2, 0.25) is 0 Å². The molecule has 2 aromatic rings. The first-order valence-corrected chi connectivity index (χ1v) is 8.72. The van der Waals surface area contributed by atoms with Crippen molar-refractivity contribution in [2.24, 2.45) is 0 Å². The molecule has 0 heterocycles. The second-order valence-corrected chi connectivity index (χ2v) is 6.46. The van der Waals surface area contributed by atoms with Gasteiger partial charge in [-0.05, 0) is 43.7 Å². The molecule has 0 bridgehead atoms. The van der Waals surface area contributed by atoms with Crippen molar-refractivity contribution in [2.75, 3.05) is 19.5 Å². The molecule has 0 saturated carbocycles. The molecular weight excluding hydrogens is 393 g/mol. The zero-order chi connectivity index (χ0) is 20.1. The Labute approximate surface area is 167 Å². The summed E-state index contributed by atoms with van der Waals surface area (Å²) in [6.07, 6.45) is -1.04. The van der Waals surface area contributed by atoms with Crippen molar-refractivity contribution in [3.05, 3.63) is 51.5 Å². The fourth-order valence-electron chi connectivity index (χ4n) is 2.30. The predicted molar refractivity (Wildman–Crippen MR) is 104 cm³/mol. The van der Waals surface area contributed by atoms with Crippen molar-refractivity contribution in [3.63, 3.8) is 0 Å². The van der Waals surface area contributed by atoms with Crippen LogP contribution >= 0.6 is 23.2 Å². The zero-order valence-corrected chi connectivity index (χ0v) is 16.8. The van der Waals surface area contributed by atoms with Gasteiger partial charge in [-0.15, -0.1) is 0 Å². The first kappa shape index (κ1) is 20.9. The van der Waals surface area contributed by atoms with Crippen LogP contribution in [0.25, 0.3) is 0 Å². The first-order valence-electron chi connectivity index (χ1n) is 7.97. The summed E-state index contributed by atoms with van der Waals surface area (Å²) in [6, 6.07) is 7.96. The Balaban J connectivity index is 2.12. The highest BCUT2D eigenvalue weighted by Crippen LogP contribution is 2.36. The minimum absolute atomic E-state index is 0.135. The molecule has 0 aliphatic rings. The zero-order valence-electron chi connectivity index (χ0n) is 15.3. The number of nitrogens with one attached hydrogen (secondary N) is 1. The van der Waals surface area contributed by atoms with E-state index in [0.717, 1.165) is 5.56 Å². The average molecular weight is 412 g/mol. The molecule has 0 fully saturated rings. The van der Waals surface area contributed by atoms with Crippen LogP contribution in [0.15, 0.2) is 30.3 Å². The number of hydrogen-bond donors (Lipinski definition) is 1. The molecule has 6 nitrogen and oxygen atoms in total. The molecule has 0 aromatic heterocycles. The second-order valence-electron chi connectivity index (χ2n) is 5.64. The Morgan fingerprint density at radius 3 is 2.41 bits per heavy atom. The Bertz CT molecular complexity index is 869. The van der Waals surface area contributed by atoms with Crippen LogP contribution in [0.3, 0.4) is 0 Å². The predicted octanol–water partition coefficient (Wildman–Crippen LogP) is 4.50. The van der Waals surface area contributed by atoms with Gasteiger partial charge >= 0.3 is 5.97 Å². The maximum atomic E-state index is 12.4. The maximum Gasteiger partial charge on any atom is 0.339 e. The van der Waals surface area contributed by atoms with Gasteiger partial charge in [0.1, 0.15) is 0 Å². The quantitative estimate of drug-likeness (QED) is 0.708. The van der Waals surface area contributed by atoms with Gasteiger partial charge in [0.25, 0.3) is 5.91 Å². The number of rotatable bonds is 6. The molecule has 0 saturated heterocycles. The van der Waals surface area contributed by atoms with Crippen LogP contribution in [0.5, 0.6) is 11.5 Å². The molecule has 2 aromatic carbocycles. The van der Waals surface area contributed by atoms with E-state index in [2.05, 4.69) is 5.32 Å². The van der Waals surface area contributed by atoms with Crippen molar-refractivity contribution < 1.29 is 23.8 Å². The van der Waals surface area contributed by atoms with E-state index in [4.69, 9.17) is 37.4 Å². The number of amides is 1. The normalized spacial score (nSPS) is 11.5. The summed E-state index contributed by atoms with van der Waals surface area (Å²) in [5.41, 5.74) is 1.40. The summed E-state index contributed by atoms with van der Waals surface area (Å²) >= 11 is 12.1. The van der Waals surface area contributed by atoms with Crippen LogP contribution in [0, 0.1) is 6.92 Å². The number of halogens is 2. The molecule has 8 heteroatoms. The van der Waals surface area contributed by atoms with Gasteiger partial charge in [-0.2, -0.15) is 0 Å². The molecule has 0 aliphatic carbocycles. The van der Waals surface area contributed by atoms with Crippen LogP contribution in [0.2, 0.25) is 10.0 Å². The Morgan fingerprint density at radius 2 is 1.78 bits per heavy atom. The molecule has 0 spiro atoms. The van der Waals surface area contributed by atoms with Gasteiger partial charge in [-0.1, -0.05) is 29.3 Å². The maximum absolute atomic E-state index is 12.4. The van der Waals surface area contributed by atoms with Crippen molar-refractivity contribution in [3.8, 4) is 11.5 Å². The molecule has 144 valence electrons. The van der Waals surface area contributed by atoms with E-state index in [-0.39, 0.29) is 16.3 Å². The van der Waals surface area contributed by atoms with E-state index < -0.39 is 18.0 Å². The molecule has 1 atom stereocenters. The lowest BCUT2D eigenvalue weighted by Crippen LogP contribution is -2.30. The van der Waals surface area contributed by atoms with E-state index in [1.165, 1.54) is 33.3 Å². The third-order valence-corrected chi connectivity index (χ3v) is 4.54. The standard InChI is InChI=1S/C19H19Cl2NO5/c1-10-13(20)6-5-7-15(10)22-18(23)11(2)27-19(24)12-8-14(21)17(26-4)16(9-12)25-3/h5-9,11H,1-4H3,(H,22,23)/t11-/m1/s1. The number of esters is 1. The van der Waals surface area contributed by atoms with Crippen molar-refractivity contribution in [2.45, 2.75) is 20.0 Å². The molecule has 1 N–H and O–H groups in total. The topological polar surface area (TPSA) is 73.9 Å². The summed E-state index contributed by atoms with van der Waals surface area (Å²) in [5, 5.41) is 3.40. The van der Waals surface area contributed by atoms with E-state index in [0.29, 0.717) is 16.5 Å². The van der Waals surface area contributed by atoms with Crippen LogP contribution in [-0.2, 0) is 9.53 Å². The third-order valence-electron chi connectivity index (χ3n) is 3.85. The third kappa shape index (κ3) is 4.84. The Hall–Kier alpha value is -2.44. The molecule has 0 aliphatic heterocycles. The van der Waals surface area contributed by atoms with Gasteiger partial charge in [-0.25, -0.2) is 4.79 Å². The number of carbonyl (C=O) groups is 2. The van der Waals surface area contributed by atoms with Gasteiger partial charge in [0.05, 0.1) is 24.8 Å². The molecule has 0 radical (unpaired) electrons. The number of hydrogen-bond acceptors (Lipinski definition) is 5. The lowest BCUT2D eigenvalue weighted by atomic mass is 10.2. The molecular formula is C19H19Cl2NO5. The minimum Gasteiger partial charge on any atom is -0.493 e. The fourth-order valence-corrected chi connectivity index (χ4v) is 2.76. The van der Waals surface area contributed by atoms with Crippen molar-refractivity contribution >= 4 is 40.8 Å². The van der Waals surface area contributed by atoms with Gasteiger partial charge < -0.3 is 19.5 Å². The number of methoxy groups -OCH3 is 2. The fraction of sp³-hybridized carbons (Fsp3) is 0.263. The van der Waals surface area contributed by atoms with E-state index in [1.807, 2.05) is 0 Å². The summed E-state index contributed by atoms with van der Waals surface area (Å²) < 4.78 is 15.5. The lowest BCUT2D eigenvalue weighted by molar-refractivity contribution is -0.123.